The number of carbonyl (C=O) groups excluding carboxylic acids is 1. The fourth-order valence-electron chi connectivity index (χ4n) is 4.13. The van der Waals surface area contributed by atoms with Crippen molar-refractivity contribution in [1.82, 2.24) is 10.2 Å². The maximum atomic E-state index is 12.1. The highest BCUT2D eigenvalue weighted by atomic mass is 16.6. The van der Waals surface area contributed by atoms with Crippen LogP contribution in [0.15, 0.2) is 63.8 Å². The molecule has 1 aromatic heterocycles. The van der Waals surface area contributed by atoms with Gasteiger partial charge in [-0.25, -0.2) is 9.59 Å². The summed E-state index contributed by atoms with van der Waals surface area (Å²) < 4.78 is 16.5. The van der Waals surface area contributed by atoms with Crippen LogP contribution < -0.4 is 20.4 Å². The Balaban J connectivity index is 1.20. The smallest absolute Gasteiger partial charge is 0.412 e. The fourth-order valence-corrected chi connectivity index (χ4v) is 4.13. The molecule has 33 heavy (non-hydrogen) atoms. The van der Waals surface area contributed by atoms with Crippen molar-refractivity contribution in [3.63, 3.8) is 0 Å². The molecule has 0 aliphatic heterocycles. The van der Waals surface area contributed by atoms with Gasteiger partial charge in [-0.1, -0.05) is 25.0 Å². The van der Waals surface area contributed by atoms with Gasteiger partial charge in [-0.15, -0.1) is 0 Å². The molecule has 0 spiro atoms. The van der Waals surface area contributed by atoms with Crippen molar-refractivity contribution in [2.45, 2.75) is 44.7 Å². The molecule has 2 aromatic carbocycles. The summed E-state index contributed by atoms with van der Waals surface area (Å²) in [6.45, 7) is 2.13. The Labute approximate surface area is 193 Å². The Morgan fingerprint density at radius 1 is 1.09 bits per heavy atom. The van der Waals surface area contributed by atoms with E-state index in [1.165, 1.54) is 6.07 Å². The van der Waals surface area contributed by atoms with E-state index in [0.717, 1.165) is 56.1 Å². The van der Waals surface area contributed by atoms with Crippen LogP contribution in [0.5, 0.6) is 11.5 Å². The standard InChI is InChI=1S/C26H30N2O5/c1-28(14-5-15-31-22-12-10-20-11-13-25(29)33-24(20)17-22)18-19-6-4-9-23(16-19)32-26(30)27-21-7-2-3-8-21/h4,6,9-13,16-17,21H,2-3,5,7-8,14-15,18H2,1H3,(H,27,30). The van der Waals surface area contributed by atoms with Crippen LogP contribution in [0.1, 0.15) is 37.7 Å². The summed E-state index contributed by atoms with van der Waals surface area (Å²) >= 11 is 0. The number of ether oxygens (including phenoxy) is 2. The third-order valence-electron chi connectivity index (χ3n) is 5.79. The minimum absolute atomic E-state index is 0.238. The van der Waals surface area contributed by atoms with Gasteiger partial charge in [-0.05, 0) is 62.2 Å². The maximum absolute atomic E-state index is 12.1. The van der Waals surface area contributed by atoms with E-state index >= 15 is 0 Å². The van der Waals surface area contributed by atoms with Crippen molar-refractivity contribution in [2.75, 3.05) is 20.2 Å². The average Bonchev–Trinajstić information content (AvgIpc) is 3.29. The molecule has 1 N–H and O–H groups in total. The summed E-state index contributed by atoms with van der Waals surface area (Å²) in [6, 6.07) is 16.5. The molecule has 1 aliphatic rings. The summed E-state index contributed by atoms with van der Waals surface area (Å²) in [5.74, 6) is 1.24. The van der Waals surface area contributed by atoms with Gasteiger partial charge in [0, 0.05) is 36.7 Å². The van der Waals surface area contributed by atoms with Crippen LogP contribution in [0, 0.1) is 0 Å². The zero-order valence-electron chi connectivity index (χ0n) is 18.9. The number of benzene rings is 2. The normalized spacial score (nSPS) is 14.0. The van der Waals surface area contributed by atoms with Gasteiger partial charge in [0.15, 0.2) is 0 Å². The summed E-state index contributed by atoms with van der Waals surface area (Å²) in [4.78, 5) is 25.7. The Hall–Kier alpha value is -3.32. The topological polar surface area (TPSA) is 81.0 Å². The predicted molar refractivity (Wildman–Crippen MR) is 127 cm³/mol. The van der Waals surface area contributed by atoms with Crippen molar-refractivity contribution in [3.8, 4) is 11.5 Å². The molecular weight excluding hydrogens is 420 g/mol. The van der Waals surface area contributed by atoms with Crippen molar-refractivity contribution in [3.05, 3.63) is 70.6 Å². The average molecular weight is 451 g/mol. The van der Waals surface area contributed by atoms with Crippen LogP contribution in [0.2, 0.25) is 0 Å². The quantitative estimate of drug-likeness (QED) is 0.375. The lowest BCUT2D eigenvalue weighted by atomic mass is 10.2. The van der Waals surface area contributed by atoms with Crippen molar-refractivity contribution in [1.29, 1.82) is 0 Å². The van der Waals surface area contributed by atoms with E-state index < -0.39 is 0 Å². The summed E-state index contributed by atoms with van der Waals surface area (Å²) in [6.07, 6.45) is 4.85. The first-order valence-corrected chi connectivity index (χ1v) is 11.5. The number of amides is 1. The number of hydrogen-bond donors (Lipinski definition) is 1. The van der Waals surface area contributed by atoms with E-state index in [0.29, 0.717) is 23.7 Å². The summed E-state index contributed by atoms with van der Waals surface area (Å²) in [5, 5.41) is 3.81. The molecule has 0 atom stereocenters. The first-order chi connectivity index (χ1) is 16.0. The second-order valence-electron chi connectivity index (χ2n) is 8.56. The minimum atomic E-state index is -0.377. The molecule has 7 heteroatoms. The zero-order chi connectivity index (χ0) is 23.0. The van der Waals surface area contributed by atoms with Crippen LogP contribution in [0.3, 0.4) is 0 Å². The van der Waals surface area contributed by atoms with Gasteiger partial charge in [0.2, 0.25) is 0 Å². The molecule has 3 aromatic rings. The Kier molecular flexibility index (Phi) is 7.62. The number of fused-ring (bicyclic) bond motifs is 1. The third-order valence-corrected chi connectivity index (χ3v) is 5.79. The number of hydrogen-bond acceptors (Lipinski definition) is 6. The summed E-state index contributed by atoms with van der Waals surface area (Å²) in [7, 11) is 2.05. The number of nitrogens with zero attached hydrogens (tertiary/aromatic N) is 1. The van der Waals surface area contributed by atoms with Crippen LogP contribution in [-0.4, -0.2) is 37.2 Å². The van der Waals surface area contributed by atoms with Crippen LogP contribution >= 0.6 is 0 Å². The lowest BCUT2D eigenvalue weighted by Crippen LogP contribution is -2.34. The number of rotatable bonds is 9. The van der Waals surface area contributed by atoms with E-state index in [1.807, 2.05) is 37.4 Å². The van der Waals surface area contributed by atoms with E-state index in [2.05, 4.69) is 10.2 Å². The van der Waals surface area contributed by atoms with Gasteiger partial charge in [0.1, 0.15) is 17.1 Å². The molecule has 1 heterocycles. The van der Waals surface area contributed by atoms with Crippen LogP contribution in [0.25, 0.3) is 11.0 Å². The molecule has 0 unspecified atom stereocenters. The second kappa shape index (κ2) is 11.0. The highest BCUT2D eigenvalue weighted by Gasteiger charge is 2.18. The Morgan fingerprint density at radius 2 is 1.91 bits per heavy atom. The molecule has 0 saturated heterocycles. The summed E-state index contributed by atoms with van der Waals surface area (Å²) in [5.41, 5.74) is 1.23. The maximum Gasteiger partial charge on any atom is 0.412 e. The van der Waals surface area contributed by atoms with E-state index in [-0.39, 0.29) is 17.8 Å². The molecule has 1 amide bonds. The van der Waals surface area contributed by atoms with Crippen LogP contribution in [0.4, 0.5) is 4.79 Å². The highest BCUT2D eigenvalue weighted by Crippen LogP contribution is 2.20. The van der Waals surface area contributed by atoms with Gasteiger partial charge >= 0.3 is 11.7 Å². The molecule has 1 saturated carbocycles. The van der Waals surface area contributed by atoms with Crippen molar-refractivity contribution < 1.29 is 18.7 Å². The fraction of sp³-hybridized carbons (Fsp3) is 0.385. The largest absolute Gasteiger partial charge is 0.493 e. The predicted octanol–water partition coefficient (Wildman–Crippen LogP) is 4.72. The van der Waals surface area contributed by atoms with Gasteiger partial charge < -0.3 is 24.1 Å². The molecule has 0 bridgehead atoms. The third kappa shape index (κ3) is 6.83. The SMILES string of the molecule is CN(CCCOc1ccc2ccc(=O)oc2c1)Cc1cccc(OC(=O)NC2CCCC2)c1. The number of carbonyl (C=O) groups is 1. The molecule has 1 aliphatic carbocycles. The lowest BCUT2D eigenvalue weighted by molar-refractivity contribution is 0.196. The van der Waals surface area contributed by atoms with Crippen molar-refractivity contribution >= 4 is 17.1 Å². The van der Waals surface area contributed by atoms with Crippen LogP contribution in [-0.2, 0) is 6.54 Å². The minimum Gasteiger partial charge on any atom is -0.493 e. The number of nitrogens with one attached hydrogen (secondary N) is 1. The van der Waals surface area contributed by atoms with Gasteiger partial charge in [-0.3, -0.25) is 0 Å². The second-order valence-corrected chi connectivity index (χ2v) is 8.56. The molecular formula is C26H30N2O5. The lowest BCUT2D eigenvalue weighted by Gasteiger charge is -2.17. The van der Waals surface area contributed by atoms with Gasteiger partial charge in [-0.2, -0.15) is 0 Å². The van der Waals surface area contributed by atoms with Crippen molar-refractivity contribution in [2.24, 2.45) is 0 Å². The molecule has 0 radical (unpaired) electrons. The first-order valence-electron chi connectivity index (χ1n) is 11.5. The molecule has 4 rings (SSSR count). The first kappa shape index (κ1) is 22.9. The Bertz CT molecular complexity index is 1140. The highest BCUT2D eigenvalue weighted by molar-refractivity contribution is 5.77. The van der Waals surface area contributed by atoms with E-state index in [4.69, 9.17) is 13.9 Å². The van der Waals surface area contributed by atoms with E-state index in [1.54, 1.807) is 18.2 Å². The molecule has 174 valence electrons. The zero-order valence-corrected chi connectivity index (χ0v) is 18.9. The molecule has 7 nitrogen and oxygen atoms in total. The molecule has 1 fully saturated rings. The van der Waals surface area contributed by atoms with Gasteiger partial charge in [0.25, 0.3) is 0 Å². The Morgan fingerprint density at radius 3 is 2.76 bits per heavy atom. The van der Waals surface area contributed by atoms with E-state index in [9.17, 15) is 9.59 Å². The monoisotopic (exact) mass is 450 g/mol. The van der Waals surface area contributed by atoms with Gasteiger partial charge in [0.05, 0.1) is 6.61 Å².